The first kappa shape index (κ1) is 22.5. The molecule has 180 valence electrons. The molecule has 0 saturated carbocycles. The van der Waals surface area contributed by atoms with E-state index in [2.05, 4.69) is 63.6 Å². The molecule has 1 aliphatic heterocycles. The predicted octanol–water partition coefficient (Wildman–Crippen LogP) is 5.81. The van der Waals surface area contributed by atoms with Gasteiger partial charge in [-0.05, 0) is 58.7 Å². The molecule has 36 heavy (non-hydrogen) atoms. The topological polar surface area (TPSA) is 44.8 Å². The number of carbonyl (C=O) groups is 1. The number of anilines is 1. The number of hydrogen-bond donors (Lipinski definition) is 1. The molecule has 1 saturated heterocycles. The summed E-state index contributed by atoms with van der Waals surface area (Å²) < 4.78 is 5.83. The van der Waals surface area contributed by atoms with Gasteiger partial charge in [0.05, 0.1) is 12.6 Å². The van der Waals surface area contributed by atoms with E-state index in [1.165, 1.54) is 22.3 Å². The fourth-order valence-electron chi connectivity index (χ4n) is 5.34. The third-order valence-corrected chi connectivity index (χ3v) is 7.06. The van der Waals surface area contributed by atoms with Crippen molar-refractivity contribution in [1.29, 1.82) is 0 Å². The lowest BCUT2D eigenvalue weighted by Gasteiger charge is -2.38. The zero-order valence-electron chi connectivity index (χ0n) is 20.1. The minimum absolute atomic E-state index is 0.0109. The van der Waals surface area contributed by atoms with Crippen LogP contribution >= 0.6 is 0 Å². The van der Waals surface area contributed by atoms with Crippen molar-refractivity contribution in [2.24, 2.45) is 0 Å². The highest BCUT2D eigenvalue weighted by atomic mass is 16.5. The molecule has 0 atom stereocenters. The maximum absolute atomic E-state index is 12.7. The van der Waals surface area contributed by atoms with Crippen LogP contribution in [0.5, 0.6) is 11.5 Å². The van der Waals surface area contributed by atoms with E-state index in [0.29, 0.717) is 12.6 Å². The van der Waals surface area contributed by atoms with Crippen molar-refractivity contribution in [3.63, 3.8) is 0 Å². The molecule has 0 spiro atoms. The van der Waals surface area contributed by atoms with E-state index < -0.39 is 0 Å². The number of nitrogens with zero attached hydrogens (tertiary/aromatic N) is 2. The molecule has 0 aromatic heterocycles. The number of fused-ring (bicyclic) bond motifs is 3. The maximum Gasteiger partial charge on any atom is 0.238 e. The normalized spacial score (nSPS) is 15.8. The number of nitrogens with one attached hydrogen (secondary N) is 1. The predicted molar refractivity (Wildman–Crippen MR) is 143 cm³/mol. The lowest BCUT2D eigenvalue weighted by molar-refractivity contribution is -0.117. The molecule has 1 amide bonds. The Hall–Kier alpha value is -3.93. The molecule has 1 aliphatic carbocycles. The van der Waals surface area contributed by atoms with E-state index in [1.807, 2.05) is 54.6 Å². The Bertz CT molecular complexity index is 1300. The molecule has 0 radical (unpaired) electrons. The van der Waals surface area contributed by atoms with Gasteiger partial charge in [0.15, 0.2) is 0 Å². The van der Waals surface area contributed by atoms with Gasteiger partial charge in [-0.1, -0.05) is 66.7 Å². The summed E-state index contributed by atoms with van der Waals surface area (Å²) in [6, 6.07) is 35.0. The largest absolute Gasteiger partial charge is 0.457 e. The standard InChI is InChI=1S/C31H29N3O2/c35-30(32-23-14-16-25(17-15-23)36-24-8-2-1-3-9-24)22-33-18-20-34(21-19-33)31-28-12-6-4-10-26(28)27-11-5-7-13-29(27)31/h1-17,31H,18-22H2,(H,32,35). The average Bonchev–Trinajstić information content (AvgIpc) is 3.25. The number of para-hydroxylation sites is 1. The number of piperazine rings is 1. The summed E-state index contributed by atoms with van der Waals surface area (Å²) in [6.45, 7) is 4.02. The van der Waals surface area contributed by atoms with E-state index in [4.69, 9.17) is 4.74 Å². The molecule has 4 aromatic rings. The van der Waals surface area contributed by atoms with Gasteiger partial charge in [-0.25, -0.2) is 0 Å². The smallest absolute Gasteiger partial charge is 0.238 e. The van der Waals surface area contributed by atoms with Gasteiger partial charge in [0.2, 0.25) is 5.91 Å². The first-order chi connectivity index (χ1) is 17.7. The van der Waals surface area contributed by atoms with Gasteiger partial charge >= 0.3 is 0 Å². The van der Waals surface area contributed by atoms with Crippen LogP contribution in [0.2, 0.25) is 0 Å². The highest BCUT2D eigenvalue weighted by molar-refractivity contribution is 5.92. The van der Waals surface area contributed by atoms with Crippen molar-refractivity contribution >= 4 is 11.6 Å². The zero-order valence-corrected chi connectivity index (χ0v) is 20.1. The van der Waals surface area contributed by atoms with E-state index in [9.17, 15) is 4.79 Å². The average molecular weight is 476 g/mol. The van der Waals surface area contributed by atoms with E-state index >= 15 is 0 Å². The first-order valence-electron chi connectivity index (χ1n) is 12.5. The second kappa shape index (κ2) is 9.97. The fourth-order valence-corrected chi connectivity index (χ4v) is 5.34. The lowest BCUT2D eigenvalue weighted by atomic mass is 10.0. The highest BCUT2D eigenvalue weighted by Gasteiger charge is 2.34. The van der Waals surface area contributed by atoms with Crippen LogP contribution in [0.25, 0.3) is 11.1 Å². The summed E-state index contributed by atoms with van der Waals surface area (Å²) in [4.78, 5) is 17.5. The van der Waals surface area contributed by atoms with Crippen LogP contribution in [0.3, 0.4) is 0 Å². The molecule has 5 heteroatoms. The summed E-state index contributed by atoms with van der Waals surface area (Å²) in [5, 5.41) is 3.02. The Morgan fingerprint density at radius 1 is 0.694 bits per heavy atom. The van der Waals surface area contributed by atoms with Gasteiger partial charge in [0.25, 0.3) is 0 Å². The maximum atomic E-state index is 12.7. The van der Waals surface area contributed by atoms with Crippen LogP contribution in [0.15, 0.2) is 103 Å². The minimum atomic E-state index is 0.0109. The second-order valence-electron chi connectivity index (χ2n) is 9.38. The molecular weight excluding hydrogens is 446 g/mol. The Morgan fingerprint density at radius 2 is 1.25 bits per heavy atom. The van der Waals surface area contributed by atoms with Gasteiger partial charge in [-0.2, -0.15) is 0 Å². The minimum Gasteiger partial charge on any atom is -0.457 e. The molecule has 4 aromatic carbocycles. The van der Waals surface area contributed by atoms with Crippen LogP contribution in [-0.2, 0) is 4.79 Å². The number of rotatable bonds is 6. The summed E-state index contributed by atoms with van der Waals surface area (Å²) in [5.41, 5.74) is 6.26. The van der Waals surface area contributed by atoms with Crippen LogP contribution in [0, 0.1) is 0 Å². The van der Waals surface area contributed by atoms with Crippen molar-refractivity contribution in [1.82, 2.24) is 9.80 Å². The van der Waals surface area contributed by atoms with E-state index in [1.54, 1.807) is 0 Å². The summed E-state index contributed by atoms with van der Waals surface area (Å²) in [5.74, 6) is 1.54. The lowest BCUT2D eigenvalue weighted by Crippen LogP contribution is -2.49. The molecule has 5 nitrogen and oxygen atoms in total. The quantitative estimate of drug-likeness (QED) is 0.383. The van der Waals surface area contributed by atoms with E-state index in [0.717, 1.165) is 43.4 Å². The molecular formula is C31H29N3O2. The molecule has 1 N–H and O–H groups in total. The Morgan fingerprint density at radius 3 is 1.89 bits per heavy atom. The number of carbonyl (C=O) groups excluding carboxylic acids is 1. The summed E-state index contributed by atoms with van der Waals surface area (Å²) in [7, 11) is 0. The third kappa shape index (κ3) is 4.63. The number of ether oxygens (including phenoxy) is 1. The fraction of sp³-hybridized carbons (Fsp3) is 0.194. The number of hydrogen-bond acceptors (Lipinski definition) is 4. The molecule has 1 heterocycles. The number of amides is 1. The SMILES string of the molecule is O=C(CN1CCN(C2c3ccccc3-c3ccccc32)CC1)Nc1ccc(Oc2ccccc2)cc1. The summed E-state index contributed by atoms with van der Waals surface area (Å²) >= 11 is 0. The summed E-state index contributed by atoms with van der Waals surface area (Å²) in [6.07, 6.45) is 0. The molecule has 6 rings (SSSR count). The molecule has 1 fully saturated rings. The van der Waals surface area contributed by atoms with E-state index in [-0.39, 0.29) is 5.91 Å². The third-order valence-electron chi connectivity index (χ3n) is 7.06. The Labute approximate surface area is 211 Å². The van der Waals surface area contributed by atoms with Gasteiger partial charge < -0.3 is 10.1 Å². The van der Waals surface area contributed by atoms with Gasteiger partial charge in [0.1, 0.15) is 11.5 Å². The molecule has 0 bridgehead atoms. The van der Waals surface area contributed by atoms with Crippen molar-refractivity contribution in [2.45, 2.75) is 6.04 Å². The van der Waals surface area contributed by atoms with Crippen LogP contribution in [-0.4, -0.2) is 48.4 Å². The highest BCUT2D eigenvalue weighted by Crippen LogP contribution is 2.46. The first-order valence-corrected chi connectivity index (χ1v) is 12.5. The Balaban J connectivity index is 1.03. The van der Waals surface area contributed by atoms with Crippen molar-refractivity contribution in [3.05, 3.63) is 114 Å². The monoisotopic (exact) mass is 475 g/mol. The van der Waals surface area contributed by atoms with Gasteiger partial charge in [-0.3, -0.25) is 14.6 Å². The van der Waals surface area contributed by atoms with Gasteiger partial charge in [0, 0.05) is 31.9 Å². The molecule has 2 aliphatic rings. The van der Waals surface area contributed by atoms with Crippen molar-refractivity contribution in [2.75, 3.05) is 38.0 Å². The second-order valence-corrected chi connectivity index (χ2v) is 9.38. The van der Waals surface area contributed by atoms with Gasteiger partial charge in [-0.15, -0.1) is 0 Å². The zero-order chi connectivity index (χ0) is 24.3. The van der Waals surface area contributed by atoms with Crippen LogP contribution in [0.1, 0.15) is 17.2 Å². The Kier molecular flexibility index (Phi) is 6.24. The molecule has 0 unspecified atom stereocenters. The van der Waals surface area contributed by atoms with Crippen molar-refractivity contribution in [3.8, 4) is 22.6 Å². The van der Waals surface area contributed by atoms with Crippen molar-refractivity contribution < 1.29 is 9.53 Å². The van der Waals surface area contributed by atoms with Crippen LogP contribution in [0.4, 0.5) is 5.69 Å². The van der Waals surface area contributed by atoms with Crippen LogP contribution < -0.4 is 10.1 Å². The number of benzene rings is 4.